The molecule has 0 fully saturated rings. The highest BCUT2D eigenvalue weighted by atomic mass is 31.2. The summed E-state index contributed by atoms with van der Waals surface area (Å²) in [6.45, 7) is 7.36. The molecule has 2 nitrogen and oxygen atoms in total. The minimum atomic E-state index is -2.96. The number of hydrogen-bond acceptors (Lipinski definition) is 1. The van der Waals surface area contributed by atoms with Gasteiger partial charge in [0.05, 0.1) is 0 Å². The third-order valence-electron chi connectivity index (χ3n) is 1.31. The molecule has 0 aromatic carbocycles. The molecule has 0 spiro atoms. The molecule has 1 N–H and O–H groups in total. The van der Waals surface area contributed by atoms with E-state index in [2.05, 4.69) is 6.58 Å². The molecule has 3 heteroatoms. The van der Waals surface area contributed by atoms with Crippen LogP contribution in [0.4, 0.5) is 0 Å². The Labute approximate surface area is 62.4 Å². The highest BCUT2D eigenvalue weighted by Crippen LogP contribution is 2.42. The molecule has 0 saturated carbocycles. The molecule has 0 aromatic rings. The minimum Gasteiger partial charge on any atom is -0.341 e. The third-order valence-corrected chi connectivity index (χ3v) is 2.78. The predicted octanol–water partition coefficient (Wildman–Crippen LogP) is 2.45. The van der Waals surface area contributed by atoms with Gasteiger partial charge in [-0.25, -0.2) is 0 Å². The normalized spacial score (nSPS) is 16.8. The van der Waals surface area contributed by atoms with Crippen LogP contribution in [0.1, 0.15) is 20.3 Å². The van der Waals surface area contributed by atoms with Crippen LogP contribution in [-0.4, -0.2) is 11.1 Å². The summed E-state index contributed by atoms with van der Waals surface area (Å²) < 4.78 is 10.9. The van der Waals surface area contributed by atoms with Gasteiger partial charge >= 0.3 is 0 Å². The fraction of sp³-hybridized carbons (Fsp3) is 0.714. The summed E-state index contributed by atoms with van der Waals surface area (Å²) in [6, 6.07) is 0. The molecular formula is C7H15O2P. The van der Waals surface area contributed by atoms with Gasteiger partial charge in [0, 0.05) is 6.16 Å². The van der Waals surface area contributed by atoms with Crippen molar-refractivity contribution in [1.29, 1.82) is 0 Å². The highest BCUT2D eigenvalue weighted by Gasteiger charge is 2.12. The van der Waals surface area contributed by atoms with E-state index in [0.29, 0.717) is 12.1 Å². The summed E-state index contributed by atoms with van der Waals surface area (Å²) in [5.41, 5.74) is 0. The Hall–Kier alpha value is -0.0700. The van der Waals surface area contributed by atoms with E-state index in [-0.39, 0.29) is 0 Å². The second-order valence-corrected chi connectivity index (χ2v) is 5.17. The molecule has 1 unspecified atom stereocenters. The SMILES string of the molecule is C=CP(=O)(O)CCC(C)C. The van der Waals surface area contributed by atoms with Crippen molar-refractivity contribution < 1.29 is 9.46 Å². The zero-order valence-electron chi connectivity index (χ0n) is 6.58. The lowest BCUT2D eigenvalue weighted by molar-refractivity contribution is 0.480. The lowest BCUT2D eigenvalue weighted by Gasteiger charge is -2.07. The van der Waals surface area contributed by atoms with Gasteiger partial charge in [-0.1, -0.05) is 20.4 Å². The van der Waals surface area contributed by atoms with Gasteiger partial charge in [0.2, 0.25) is 7.37 Å². The first kappa shape index (κ1) is 9.93. The maximum Gasteiger partial charge on any atom is 0.222 e. The summed E-state index contributed by atoms with van der Waals surface area (Å²) >= 11 is 0. The fourth-order valence-electron chi connectivity index (χ4n) is 0.534. The van der Waals surface area contributed by atoms with Gasteiger partial charge < -0.3 is 4.89 Å². The fourth-order valence-corrected chi connectivity index (χ4v) is 1.60. The van der Waals surface area contributed by atoms with Crippen LogP contribution in [0.5, 0.6) is 0 Å². The van der Waals surface area contributed by atoms with Crippen molar-refractivity contribution in [3.05, 3.63) is 12.4 Å². The molecule has 0 aliphatic carbocycles. The predicted molar refractivity (Wildman–Crippen MR) is 44.3 cm³/mol. The average Bonchev–Trinajstić information content (AvgIpc) is 1.85. The van der Waals surface area contributed by atoms with Gasteiger partial charge in [-0.15, -0.1) is 0 Å². The summed E-state index contributed by atoms with van der Waals surface area (Å²) in [6.07, 6.45) is 1.16. The number of rotatable bonds is 4. The van der Waals surface area contributed by atoms with Gasteiger partial charge in [0.25, 0.3) is 0 Å². The first-order valence-corrected chi connectivity index (χ1v) is 5.34. The van der Waals surface area contributed by atoms with E-state index in [1.165, 1.54) is 0 Å². The smallest absolute Gasteiger partial charge is 0.222 e. The van der Waals surface area contributed by atoms with Crippen molar-refractivity contribution in [1.82, 2.24) is 0 Å². The summed E-state index contributed by atoms with van der Waals surface area (Å²) in [7, 11) is -2.96. The quantitative estimate of drug-likeness (QED) is 0.644. The molecule has 0 saturated heterocycles. The van der Waals surface area contributed by atoms with Gasteiger partial charge in [-0.05, 0) is 18.2 Å². The second kappa shape index (κ2) is 3.95. The monoisotopic (exact) mass is 162 g/mol. The molecular weight excluding hydrogens is 147 g/mol. The van der Waals surface area contributed by atoms with E-state index in [9.17, 15) is 4.57 Å². The van der Waals surface area contributed by atoms with Crippen molar-refractivity contribution in [3.8, 4) is 0 Å². The van der Waals surface area contributed by atoms with Gasteiger partial charge in [0.15, 0.2) is 0 Å². The van der Waals surface area contributed by atoms with E-state index in [1.54, 1.807) is 0 Å². The first-order chi connectivity index (χ1) is 4.48. The Kier molecular flexibility index (Phi) is 3.92. The van der Waals surface area contributed by atoms with E-state index in [0.717, 1.165) is 12.2 Å². The first-order valence-electron chi connectivity index (χ1n) is 3.43. The van der Waals surface area contributed by atoms with Crippen molar-refractivity contribution >= 4 is 7.37 Å². The maximum atomic E-state index is 10.9. The Morgan fingerprint density at radius 2 is 2.20 bits per heavy atom. The van der Waals surface area contributed by atoms with E-state index in [1.807, 2.05) is 13.8 Å². The Morgan fingerprint density at radius 1 is 1.70 bits per heavy atom. The number of hydrogen-bond donors (Lipinski definition) is 1. The van der Waals surface area contributed by atoms with E-state index in [4.69, 9.17) is 4.89 Å². The van der Waals surface area contributed by atoms with Crippen molar-refractivity contribution in [2.75, 3.05) is 6.16 Å². The van der Waals surface area contributed by atoms with Crippen LogP contribution >= 0.6 is 7.37 Å². The van der Waals surface area contributed by atoms with Crippen molar-refractivity contribution in [2.45, 2.75) is 20.3 Å². The molecule has 0 aliphatic rings. The summed E-state index contributed by atoms with van der Waals surface area (Å²) in [5.74, 6) is 1.65. The lowest BCUT2D eigenvalue weighted by Crippen LogP contribution is -1.92. The van der Waals surface area contributed by atoms with Crippen LogP contribution in [0.2, 0.25) is 0 Å². The summed E-state index contributed by atoms with van der Waals surface area (Å²) in [4.78, 5) is 9.01. The van der Waals surface area contributed by atoms with Crippen molar-refractivity contribution in [3.63, 3.8) is 0 Å². The van der Waals surface area contributed by atoms with Gasteiger partial charge in [-0.3, -0.25) is 4.57 Å². The van der Waals surface area contributed by atoms with Crippen LogP contribution in [0.15, 0.2) is 12.4 Å². The topological polar surface area (TPSA) is 37.3 Å². The van der Waals surface area contributed by atoms with E-state index >= 15 is 0 Å². The Bertz CT molecular complexity index is 152. The molecule has 0 aliphatic heterocycles. The molecule has 0 heterocycles. The van der Waals surface area contributed by atoms with Crippen LogP contribution in [0.3, 0.4) is 0 Å². The molecule has 60 valence electrons. The second-order valence-electron chi connectivity index (χ2n) is 2.84. The maximum absolute atomic E-state index is 10.9. The molecule has 0 bridgehead atoms. The van der Waals surface area contributed by atoms with Crippen LogP contribution in [-0.2, 0) is 4.57 Å². The van der Waals surface area contributed by atoms with E-state index < -0.39 is 7.37 Å². The lowest BCUT2D eigenvalue weighted by atomic mass is 10.2. The molecule has 0 amide bonds. The Morgan fingerprint density at radius 3 is 2.50 bits per heavy atom. The molecule has 0 rings (SSSR count). The summed E-state index contributed by atoms with van der Waals surface area (Å²) in [5, 5.41) is 0. The van der Waals surface area contributed by atoms with Crippen LogP contribution in [0, 0.1) is 5.92 Å². The molecule has 1 atom stereocenters. The Balaban J connectivity index is 3.68. The standard InChI is InChI=1S/C7H15O2P/c1-4-10(8,9)6-5-7(2)3/h4,7H,1,5-6H2,2-3H3,(H,8,9). The van der Waals surface area contributed by atoms with Gasteiger partial charge in [-0.2, -0.15) is 0 Å². The zero-order chi connectivity index (χ0) is 8.20. The molecule has 0 aromatic heterocycles. The average molecular weight is 162 g/mol. The molecule has 0 radical (unpaired) electrons. The highest BCUT2D eigenvalue weighted by molar-refractivity contribution is 7.61. The van der Waals surface area contributed by atoms with Crippen LogP contribution < -0.4 is 0 Å². The zero-order valence-corrected chi connectivity index (χ0v) is 7.47. The molecule has 10 heavy (non-hydrogen) atoms. The third kappa shape index (κ3) is 4.78. The largest absolute Gasteiger partial charge is 0.341 e. The van der Waals surface area contributed by atoms with Crippen LogP contribution in [0.25, 0.3) is 0 Å². The van der Waals surface area contributed by atoms with Crippen molar-refractivity contribution in [2.24, 2.45) is 5.92 Å². The van der Waals surface area contributed by atoms with Gasteiger partial charge in [0.1, 0.15) is 0 Å². The minimum absolute atomic E-state index is 0.369.